The molecule has 0 saturated heterocycles. The van der Waals surface area contributed by atoms with E-state index >= 15 is 0 Å². The lowest BCUT2D eigenvalue weighted by molar-refractivity contribution is 0.499. The molecule has 0 unspecified atom stereocenters. The lowest BCUT2D eigenvalue weighted by Crippen LogP contribution is -2.24. The van der Waals surface area contributed by atoms with E-state index in [4.69, 9.17) is 0 Å². The number of hydrogen-bond acceptors (Lipinski definition) is 1. The third-order valence-electron chi connectivity index (χ3n) is 2.70. The molecule has 0 radical (unpaired) electrons. The minimum Gasteiger partial charge on any atom is -0.310 e. The monoisotopic (exact) mass is 183 g/mol. The van der Waals surface area contributed by atoms with Gasteiger partial charge in [-0.1, -0.05) is 6.07 Å². The maximum atomic E-state index is 12.9. The second kappa shape index (κ2) is 2.77. The minimum atomic E-state index is -0.782. The van der Waals surface area contributed by atoms with Crippen molar-refractivity contribution in [2.75, 3.05) is 7.05 Å². The molecule has 1 saturated carbocycles. The minimum absolute atomic E-state index is 0.0887. The summed E-state index contributed by atoms with van der Waals surface area (Å²) in [5, 5.41) is 3.13. The highest BCUT2D eigenvalue weighted by molar-refractivity contribution is 5.30. The van der Waals surface area contributed by atoms with Crippen molar-refractivity contribution in [1.29, 1.82) is 0 Å². The topological polar surface area (TPSA) is 12.0 Å². The van der Waals surface area contributed by atoms with Gasteiger partial charge < -0.3 is 5.32 Å². The average molecular weight is 183 g/mol. The molecular weight excluding hydrogens is 172 g/mol. The van der Waals surface area contributed by atoms with Crippen LogP contribution in [0.4, 0.5) is 8.78 Å². The molecule has 1 aliphatic rings. The van der Waals surface area contributed by atoms with E-state index in [1.54, 1.807) is 6.07 Å². The molecule has 0 aromatic heterocycles. The van der Waals surface area contributed by atoms with Crippen LogP contribution in [0, 0.1) is 11.6 Å². The lowest BCUT2D eigenvalue weighted by atomic mass is 10.1. The normalized spacial score (nSPS) is 18.7. The summed E-state index contributed by atoms with van der Waals surface area (Å²) >= 11 is 0. The SMILES string of the molecule is CNC1(c2ccc(F)c(F)c2)CC1. The van der Waals surface area contributed by atoms with E-state index in [1.807, 2.05) is 7.05 Å². The molecule has 0 atom stereocenters. The molecule has 1 nitrogen and oxygen atoms in total. The van der Waals surface area contributed by atoms with Crippen molar-refractivity contribution in [2.45, 2.75) is 18.4 Å². The average Bonchev–Trinajstić information content (AvgIpc) is 2.90. The van der Waals surface area contributed by atoms with Gasteiger partial charge in [0.15, 0.2) is 11.6 Å². The third-order valence-corrected chi connectivity index (χ3v) is 2.70. The number of nitrogens with one attached hydrogen (secondary N) is 1. The van der Waals surface area contributed by atoms with Crippen LogP contribution in [0.15, 0.2) is 18.2 Å². The van der Waals surface area contributed by atoms with Gasteiger partial charge in [0.1, 0.15) is 0 Å². The van der Waals surface area contributed by atoms with E-state index in [1.165, 1.54) is 12.1 Å². The summed E-state index contributed by atoms with van der Waals surface area (Å²) in [6, 6.07) is 4.10. The summed E-state index contributed by atoms with van der Waals surface area (Å²) in [5.41, 5.74) is 0.753. The Labute approximate surface area is 75.8 Å². The van der Waals surface area contributed by atoms with Crippen LogP contribution in [-0.2, 0) is 5.54 Å². The highest BCUT2D eigenvalue weighted by Gasteiger charge is 2.42. The zero-order valence-electron chi connectivity index (χ0n) is 7.40. The van der Waals surface area contributed by atoms with Crippen LogP contribution in [0.5, 0.6) is 0 Å². The standard InChI is InChI=1S/C10H11F2N/c1-13-10(4-5-10)7-2-3-8(11)9(12)6-7/h2-3,6,13H,4-5H2,1H3. The molecule has 1 aliphatic carbocycles. The van der Waals surface area contributed by atoms with Crippen LogP contribution in [-0.4, -0.2) is 7.05 Å². The molecular formula is C10H11F2N. The van der Waals surface area contributed by atoms with Gasteiger partial charge in [0.05, 0.1) is 0 Å². The Hall–Kier alpha value is -0.960. The Morgan fingerprint density at radius 3 is 2.38 bits per heavy atom. The third kappa shape index (κ3) is 1.33. The van der Waals surface area contributed by atoms with Gasteiger partial charge in [-0.3, -0.25) is 0 Å². The molecule has 1 aromatic carbocycles. The molecule has 0 spiro atoms. The largest absolute Gasteiger partial charge is 0.310 e. The molecule has 1 N–H and O–H groups in total. The Morgan fingerprint density at radius 1 is 1.23 bits per heavy atom. The summed E-state index contributed by atoms with van der Waals surface area (Å²) in [7, 11) is 1.84. The van der Waals surface area contributed by atoms with Gasteiger partial charge in [-0.15, -0.1) is 0 Å². The molecule has 0 bridgehead atoms. The summed E-state index contributed by atoms with van der Waals surface area (Å²) in [4.78, 5) is 0. The Morgan fingerprint density at radius 2 is 1.92 bits per heavy atom. The van der Waals surface area contributed by atoms with Crippen molar-refractivity contribution in [3.8, 4) is 0 Å². The fourth-order valence-corrected chi connectivity index (χ4v) is 1.60. The lowest BCUT2D eigenvalue weighted by Gasteiger charge is -2.14. The van der Waals surface area contributed by atoms with Crippen molar-refractivity contribution in [3.63, 3.8) is 0 Å². The van der Waals surface area contributed by atoms with E-state index in [-0.39, 0.29) is 5.54 Å². The van der Waals surface area contributed by atoms with Crippen LogP contribution >= 0.6 is 0 Å². The summed E-state index contributed by atoms with van der Waals surface area (Å²) in [6.45, 7) is 0. The zero-order chi connectivity index (χ0) is 9.47. The maximum absolute atomic E-state index is 12.9. The van der Waals surface area contributed by atoms with Gasteiger partial charge in [0, 0.05) is 5.54 Å². The molecule has 0 aliphatic heterocycles. The van der Waals surface area contributed by atoms with Gasteiger partial charge >= 0.3 is 0 Å². The Bertz CT molecular complexity index is 332. The van der Waals surface area contributed by atoms with Gasteiger partial charge in [0.2, 0.25) is 0 Å². The second-order valence-electron chi connectivity index (χ2n) is 3.46. The highest BCUT2D eigenvalue weighted by atomic mass is 19.2. The van der Waals surface area contributed by atoms with Crippen LogP contribution < -0.4 is 5.32 Å². The quantitative estimate of drug-likeness (QED) is 0.741. The summed E-state index contributed by atoms with van der Waals surface area (Å²) in [5.74, 6) is -1.55. The predicted octanol–water partition coefficient (Wildman–Crippen LogP) is 2.17. The molecule has 0 heterocycles. The van der Waals surface area contributed by atoms with Crippen LogP contribution in [0.25, 0.3) is 0 Å². The van der Waals surface area contributed by atoms with Crippen LogP contribution in [0.1, 0.15) is 18.4 Å². The van der Waals surface area contributed by atoms with E-state index in [0.717, 1.165) is 18.4 Å². The number of hydrogen-bond donors (Lipinski definition) is 1. The smallest absolute Gasteiger partial charge is 0.159 e. The van der Waals surface area contributed by atoms with Gasteiger partial charge in [0.25, 0.3) is 0 Å². The first-order valence-electron chi connectivity index (χ1n) is 4.32. The zero-order valence-corrected chi connectivity index (χ0v) is 7.40. The fourth-order valence-electron chi connectivity index (χ4n) is 1.60. The first-order valence-corrected chi connectivity index (χ1v) is 4.32. The highest BCUT2D eigenvalue weighted by Crippen LogP contribution is 2.45. The molecule has 0 amide bonds. The number of benzene rings is 1. The number of rotatable bonds is 2. The van der Waals surface area contributed by atoms with Crippen molar-refractivity contribution >= 4 is 0 Å². The molecule has 2 rings (SSSR count). The Kier molecular flexibility index (Phi) is 1.84. The molecule has 1 aromatic rings. The molecule has 1 fully saturated rings. The molecule has 70 valence electrons. The maximum Gasteiger partial charge on any atom is 0.159 e. The number of halogens is 2. The summed E-state index contributed by atoms with van der Waals surface area (Å²) < 4.78 is 25.5. The van der Waals surface area contributed by atoms with Crippen molar-refractivity contribution in [3.05, 3.63) is 35.4 Å². The molecule has 3 heteroatoms. The van der Waals surface area contributed by atoms with Crippen molar-refractivity contribution in [2.24, 2.45) is 0 Å². The van der Waals surface area contributed by atoms with Crippen molar-refractivity contribution in [1.82, 2.24) is 5.32 Å². The summed E-state index contributed by atoms with van der Waals surface area (Å²) in [6.07, 6.45) is 1.99. The Balaban J connectivity index is 2.37. The van der Waals surface area contributed by atoms with Gasteiger partial charge in [-0.25, -0.2) is 8.78 Å². The van der Waals surface area contributed by atoms with E-state index < -0.39 is 11.6 Å². The van der Waals surface area contributed by atoms with Crippen LogP contribution in [0.3, 0.4) is 0 Å². The second-order valence-corrected chi connectivity index (χ2v) is 3.46. The fraction of sp³-hybridized carbons (Fsp3) is 0.400. The van der Waals surface area contributed by atoms with E-state index in [9.17, 15) is 8.78 Å². The molecule has 13 heavy (non-hydrogen) atoms. The van der Waals surface area contributed by atoms with Crippen molar-refractivity contribution < 1.29 is 8.78 Å². The first-order chi connectivity index (χ1) is 6.18. The predicted molar refractivity (Wildman–Crippen MR) is 46.3 cm³/mol. The van der Waals surface area contributed by atoms with Crippen LogP contribution in [0.2, 0.25) is 0 Å². The van der Waals surface area contributed by atoms with E-state index in [2.05, 4.69) is 5.32 Å². The van der Waals surface area contributed by atoms with E-state index in [0.29, 0.717) is 0 Å². The first kappa shape index (κ1) is 8.63. The van der Waals surface area contributed by atoms with Gasteiger partial charge in [-0.2, -0.15) is 0 Å². The van der Waals surface area contributed by atoms with Gasteiger partial charge in [-0.05, 0) is 37.6 Å².